The number of amides is 2. The van der Waals surface area contributed by atoms with Gasteiger partial charge in [-0.25, -0.2) is 4.68 Å². The largest absolute Gasteiger partial charge is 0.293 e. The maximum Gasteiger partial charge on any atom is 0.261 e. The van der Waals surface area contributed by atoms with Crippen LogP contribution < -0.4 is 0 Å². The molecule has 21 heavy (non-hydrogen) atoms. The molecule has 0 radical (unpaired) electrons. The van der Waals surface area contributed by atoms with Crippen LogP contribution in [0.1, 0.15) is 38.1 Å². The van der Waals surface area contributed by atoms with Gasteiger partial charge in [0.25, 0.3) is 11.8 Å². The van der Waals surface area contributed by atoms with Crippen molar-refractivity contribution in [2.75, 3.05) is 6.54 Å². The molecule has 0 bridgehead atoms. The number of rotatable bonds is 4. The zero-order valence-corrected chi connectivity index (χ0v) is 11.3. The van der Waals surface area contributed by atoms with Gasteiger partial charge in [0.05, 0.1) is 23.9 Å². The van der Waals surface area contributed by atoms with Crippen molar-refractivity contribution < 1.29 is 14.4 Å². The van der Waals surface area contributed by atoms with Crippen LogP contribution in [0.15, 0.2) is 30.5 Å². The maximum atomic E-state index is 12.1. The van der Waals surface area contributed by atoms with E-state index in [1.54, 1.807) is 24.3 Å². The predicted octanol–water partition coefficient (Wildman–Crippen LogP) is 0.777. The average Bonchev–Trinajstić information content (AvgIpc) is 3.03. The van der Waals surface area contributed by atoms with E-state index in [-0.39, 0.29) is 29.8 Å². The van der Waals surface area contributed by atoms with Crippen molar-refractivity contribution >= 4 is 17.6 Å². The molecule has 7 heteroatoms. The molecule has 0 N–H and O–H groups in total. The van der Waals surface area contributed by atoms with Crippen LogP contribution in [0.25, 0.3) is 0 Å². The third-order valence-corrected chi connectivity index (χ3v) is 3.33. The second-order valence-electron chi connectivity index (χ2n) is 4.73. The van der Waals surface area contributed by atoms with Gasteiger partial charge in [0.1, 0.15) is 5.69 Å². The molecule has 1 aromatic carbocycles. The zero-order valence-electron chi connectivity index (χ0n) is 11.3. The molecule has 0 atom stereocenters. The average molecular weight is 284 g/mol. The van der Waals surface area contributed by atoms with Gasteiger partial charge in [0, 0.05) is 13.5 Å². The smallest absolute Gasteiger partial charge is 0.261 e. The number of hydrogen-bond acceptors (Lipinski definition) is 5. The van der Waals surface area contributed by atoms with Gasteiger partial charge in [0.2, 0.25) is 0 Å². The Kier molecular flexibility index (Phi) is 3.09. The highest BCUT2D eigenvalue weighted by Gasteiger charge is 2.34. The van der Waals surface area contributed by atoms with Crippen LogP contribution >= 0.6 is 0 Å². The molecule has 0 saturated carbocycles. The van der Waals surface area contributed by atoms with Gasteiger partial charge in [-0.05, 0) is 12.1 Å². The van der Waals surface area contributed by atoms with Crippen LogP contribution in [-0.4, -0.2) is 44.0 Å². The van der Waals surface area contributed by atoms with Gasteiger partial charge in [0.15, 0.2) is 5.78 Å². The van der Waals surface area contributed by atoms with Crippen LogP contribution in [0.5, 0.6) is 0 Å². The summed E-state index contributed by atoms with van der Waals surface area (Å²) in [6, 6.07) is 6.73. The summed E-state index contributed by atoms with van der Waals surface area (Å²) in [7, 11) is 0. The second-order valence-corrected chi connectivity index (χ2v) is 4.73. The molecule has 3 rings (SSSR count). The minimum absolute atomic E-state index is 0.179. The van der Waals surface area contributed by atoms with Crippen molar-refractivity contribution in [1.29, 1.82) is 0 Å². The Morgan fingerprint density at radius 3 is 2.24 bits per heavy atom. The lowest BCUT2D eigenvalue weighted by Crippen LogP contribution is -2.33. The minimum Gasteiger partial charge on any atom is -0.293 e. The van der Waals surface area contributed by atoms with E-state index in [2.05, 4.69) is 10.3 Å². The normalized spacial score (nSPS) is 13.7. The fourth-order valence-electron chi connectivity index (χ4n) is 2.21. The molecule has 1 aliphatic heterocycles. The van der Waals surface area contributed by atoms with Crippen molar-refractivity contribution in [2.24, 2.45) is 0 Å². The number of aromatic nitrogens is 3. The van der Waals surface area contributed by atoms with Gasteiger partial charge in [-0.2, -0.15) is 0 Å². The fraction of sp³-hybridized carbons (Fsp3) is 0.214. The van der Waals surface area contributed by atoms with E-state index in [1.165, 1.54) is 22.7 Å². The molecule has 0 spiro atoms. The zero-order chi connectivity index (χ0) is 15.0. The van der Waals surface area contributed by atoms with E-state index in [0.717, 1.165) is 0 Å². The summed E-state index contributed by atoms with van der Waals surface area (Å²) in [6.07, 6.45) is 1.50. The van der Waals surface area contributed by atoms with Crippen molar-refractivity contribution in [1.82, 2.24) is 19.9 Å². The molecule has 0 fully saturated rings. The topological polar surface area (TPSA) is 85.2 Å². The number of carbonyl (C=O) groups is 3. The van der Waals surface area contributed by atoms with Crippen LogP contribution in [0.2, 0.25) is 0 Å². The SMILES string of the molecule is CC(=O)c1cn(CCN2C(=O)c3ccccc3C2=O)nn1. The molecule has 1 aromatic heterocycles. The Balaban J connectivity index is 1.73. The first-order valence-electron chi connectivity index (χ1n) is 6.44. The van der Waals surface area contributed by atoms with Gasteiger partial charge >= 0.3 is 0 Å². The summed E-state index contributed by atoms with van der Waals surface area (Å²) in [4.78, 5) is 36.6. The van der Waals surface area contributed by atoms with Crippen LogP contribution in [0.3, 0.4) is 0 Å². The summed E-state index contributed by atoms with van der Waals surface area (Å²) in [5.41, 5.74) is 1.10. The predicted molar refractivity (Wildman–Crippen MR) is 71.8 cm³/mol. The Hall–Kier alpha value is -2.83. The lowest BCUT2D eigenvalue weighted by Gasteiger charge is -2.13. The lowest BCUT2D eigenvalue weighted by molar-refractivity contribution is 0.0647. The maximum absolute atomic E-state index is 12.1. The highest BCUT2D eigenvalue weighted by atomic mass is 16.2. The summed E-state index contributed by atoms with van der Waals surface area (Å²) in [5.74, 6) is -0.785. The van der Waals surface area contributed by atoms with Gasteiger partial charge in [-0.15, -0.1) is 5.10 Å². The molecule has 106 valence electrons. The van der Waals surface area contributed by atoms with Crippen LogP contribution in [0, 0.1) is 0 Å². The molecular weight excluding hydrogens is 272 g/mol. The molecule has 0 aliphatic carbocycles. The van der Waals surface area contributed by atoms with E-state index >= 15 is 0 Å². The third-order valence-electron chi connectivity index (χ3n) is 3.33. The number of benzene rings is 1. The number of imide groups is 1. The number of Topliss-reactive ketones (excluding diaryl/α,β-unsaturated/α-hetero) is 1. The molecule has 2 amide bonds. The van der Waals surface area contributed by atoms with Gasteiger partial charge in [-0.3, -0.25) is 19.3 Å². The Morgan fingerprint density at radius 1 is 1.10 bits per heavy atom. The van der Waals surface area contributed by atoms with E-state index < -0.39 is 0 Å². The Labute approximate surface area is 120 Å². The molecule has 0 unspecified atom stereocenters. The minimum atomic E-state index is -0.303. The number of carbonyl (C=O) groups excluding carboxylic acids is 3. The molecule has 2 heterocycles. The fourth-order valence-corrected chi connectivity index (χ4v) is 2.21. The number of nitrogens with zero attached hydrogens (tertiary/aromatic N) is 4. The third kappa shape index (κ3) is 2.22. The van der Waals surface area contributed by atoms with E-state index in [1.807, 2.05) is 0 Å². The molecule has 0 saturated heterocycles. The number of hydrogen-bond donors (Lipinski definition) is 0. The Bertz CT molecular complexity index is 715. The van der Waals surface area contributed by atoms with Gasteiger partial charge in [-0.1, -0.05) is 17.3 Å². The van der Waals surface area contributed by atoms with Crippen LogP contribution in [-0.2, 0) is 6.54 Å². The van der Waals surface area contributed by atoms with E-state index in [9.17, 15) is 14.4 Å². The highest BCUT2D eigenvalue weighted by Crippen LogP contribution is 2.22. The summed E-state index contributed by atoms with van der Waals surface area (Å²) < 4.78 is 1.44. The number of ketones is 1. The van der Waals surface area contributed by atoms with Crippen molar-refractivity contribution in [3.8, 4) is 0 Å². The molecular formula is C14H12N4O3. The number of fused-ring (bicyclic) bond motifs is 1. The molecule has 7 nitrogen and oxygen atoms in total. The standard InChI is InChI=1S/C14H12N4O3/c1-9(19)12-8-17(16-15-12)6-7-18-13(20)10-4-2-3-5-11(10)14(18)21/h2-5,8H,6-7H2,1H3. The summed E-state index contributed by atoms with van der Waals surface area (Å²) in [6.45, 7) is 1.89. The van der Waals surface area contributed by atoms with Crippen molar-refractivity contribution in [3.05, 3.63) is 47.3 Å². The quantitative estimate of drug-likeness (QED) is 0.611. The molecule has 1 aliphatic rings. The van der Waals surface area contributed by atoms with Gasteiger partial charge < -0.3 is 0 Å². The highest BCUT2D eigenvalue weighted by molar-refractivity contribution is 6.21. The first kappa shape index (κ1) is 13.2. The van der Waals surface area contributed by atoms with Crippen molar-refractivity contribution in [3.63, 3.8) is 0 Å². The van der Waals surface area contributed by atoms with Crippen molar-refractivity contribution in [2.45, 2.75) is 13.5 Å². The Morgan fingerprint density at radius 2 is 1.71 bits per heavy atom. The lowest BCUT2D eigenvalue weighted by atomic mass is 10.1. The summed E-state index contributed by atoms with van der Waals surface area (Å²) >= 11 is 0. The monoisotopic (exact) mass is 284 g/mol. The summed E-state index contributed by atoms with van der Waals surface area (Å²) in [5, 5.41) is 7.51. The van der Waals surface area contributed by atoms with E-state index in [0.29, 0.717) is 17.7 Å². The first-order valence-corrected chi connectivity index (χ1v) is 6.44. The molecule has 2 aromatic rings. The van der Waals surface area contributed by atoms with E-state index in [4.69, 9.17) is 0 Å². The first-order chi connectivity index (χ1) is 10.1. The second kappa shape index (κ2) is 4.93. The van der Waals surface area contributed by atoms with Crippen LogP contribution in [0.4, 0.5) is 0 Å².